The Balaban J connectivity index is 1.78. The molecule has 3 rings (SSSR count). The largest absolute Gasteiger partial charge is 0.462 e. The van der Waals surface area contributed by atoms with Crippen LogP contribution in [0.15, 0.2) is 24.3 Å². The van der Waals surface area contributed by atoms with Gasteiger partial charge in [0.25, 0.3) is 0 Å². The van der Waals surface area contributed by atoms with Gasteiger partial charge in [-0.3, -0.25) is 9.59 Å². The van der Waals surface area contributed by atoms with Crippen molar-refractivity contribution in [2.75, 3.05) is 24.7 Å². The predicted molar refractivity (Wildman–Crippen MR) is 109 cm³/mol. The number of benzene rings is 1. The number of aryl methyl sites for hydroxylation is 2. The van der Waals surface area contributed by atoms with E-state index in [2.05, 4.69) is 4.98 Å². The summed E-state index contributed by atoms with van der Waals surface area (Å²) in [4.78, 5) is 54.3. The van der Waals surface area contributed by atoms with Crippen LogP contribution in [-0.2, 0) is 14.3 Å². The topological polar surface area (TPSA) is 106 Å². The highest BCUT2D eigenvalue weighted by Crippen LogP contribution is 2.26. The van der Waals surface area contributed by atoms with Crippen molar-refractivity contribution < 1.29 is 28.7 Å². The van der Waals surface area contributed by atoms with Gasteiger partial charge in [-0.1, -0.05) is 12.1 Å². The minimum atomic E-state index is -0.707. The lowest BCUT2D eigenvalue weighted by Gasteiger charge is -2.18. The van der Waals surface area contributed by atoms with Gasteiger partial charge >= 0.3 is 11.9 Å². The van der Waals surface area contributed by atoms with Gasteiger partial charge in [0.15, 0.2) is 6.61 Å². The second-order valence-electron chi connectivity index (χ2n) is 7.01. The molecule has 1 amide bonds. The van der Waals surface area contributed by atoms with Crippen LogP contribution < -0.4 is 4.90 Å². The lowest BCUT2D eigenvalue weighted by atomic mass is 10.1. The van der Waals surface area contributed by atoms with E-state index in [1.165, 1.54) is 0 Å². The summed E-state index contributed by atoms with van der Waals surface area (Å²) < 4.78 is 10.3. The van der Waals surface area contributed by atoms with Gasteiger partial charge in [0.05, 0.1) is 29.0 Å². The van der Waals surface area contributed by atoms with Crippen LogP contribution in [-0.4, -0.2) is 48.4 Å². The van der Waals surface area contributed by atoms with Crippen molar-refractivity contribution in [3.05, 3.63) is 52.3 Å². The number of para-hydroxylation sites is 1. The summed E-state index contributed by atoms with van der Waals surface area (Å²) in [7, 11) is 0. The fourth-order valence-electron chi connectivity index (χ4n) is 3.65. The number of esters is 2. The maximum Gasteiger partial charge on any atom is 0.340 e. The molecule has 0 spiro atoms. The molecular formula is C22H24N2O6. The number of nitrogens with zero attached hydrogens (tertiary/aromatic N) is 1. The Morgan fingerprint density at radius 2 is 1.73 bits per heavy atom. The van der Waals surface area contributed by atoms with Crippen LogP contribution in [0.3, 0.4) is 0 Å². The van der Waals surface area contributed by atoms with E-state index in [1.807, 2.05) is 0 Å². The summed E-state index contributed by atoms with van der Waals surface area (Å²) in [5.74, 6) is -1.88. The standard InChI is InChI=1S/C22H24N2O6/c1-4-29-22(28)20-14(3)23-13(2)19(20)17(25)12-30-21(27)15-8-5-6-9-16(15)24-11-7-10-18(24)26/h5-6,8-9,23H,4,7,10-12H2,1-3H3. The maximum absolute atomic E-state index is 12.8. The van der Waals surface area contributed by atoms with Crippen LogP contribution in [0, 0.1) is 13.8 Å². The zero-order valence-corrected chi connectivity index (χ0v) is 17.2. The van der Waals surface area contributed by atoms with Crippen molar-refractivity contribution in [1.29, 1.82) is 0 Å². The van der Waals surface area contributed by atoms with Gasteiger partial charge in [-0.05, 0) is 39.3 Å². The van der Waals surface area contributed by atoms with Crippen LogP contribution in [0.25, 0.3) is 0 Å². The number of nitrogens with one attached hydrogen (secondary N) is 1. The highest BCUT2D eigenvalue weighted by molar-refractivity contribution is 6.10. The van der Waals surface area contributed by atoms with Crippen LogP contribution in [0.5, 0.6) is 0 Å². The van der Waals surface area contributed by atoms with Gasteiger partial charge in [0, 0.05) is 24.4 Å². The first-order valence-corrected chi connectivity index (χ1v) is 9.81. The minimum absolute atomic E-state index is 0.0520. The Bertz CT molecular complexity index is 1010. The van der Waals surface area contributed by atoms with E-state index in [0.29, 0.717) is 30.0 Å². The number of ether oxygens (including phenoxy) is 2. The second kappa shape index (κ2) is 8.94. The van der Waals surface area contributed by atoms with Crippen molar-refractivity contribution >= 4 is 29.3 Å². The number of hydrogen-bond acceptors (Lipinski definition) is 6. The highest BCUT2D eigenvalue weighted by Gasteiger charge is 2.28. The number of hydrogen-bond donors (Lipinski definition) is 1. The van der Waals surface area contributed by atoms with E-state index < -0.39 is 24.3 Å². The molecule has 1 fully saturated rings. The predicted octanol–water partition coefficient (Wildman–Crippen LogP) is 2.97. The molecule has 0 radical (unpaired) electrons. The third-order valence-corrected chi connectivity index (χ3v) is 4.96. The Hall–Kier alpha value is -3.42. The molecule has 2 aromatic rings. The van der Waals surface area contributed by atoms with Crippen LogP contribution in [0.4, 0.5) is 5.69 Å². The molecule has 1 saturated heterocycles. The third-order valence-electron chi connectivity index (χ3n) is 4.96. The molecular weight excluding hydrogens is 388 g/mol. The van der Waals surface area contributed by atoms with Gasteiger partial charge in [-0.2, -0.15) is 0 Å². The summed E-state index contributed by atoms with van der Waals surface area (Å²) in [5.41, 5.74) is 2.00. The zero-order valence-electron chi connectivity index (χ0n) is 17.2. The summed E-state index contributed by atoms with van der Waals surface area (Å²) in [6.07, 6.45) is 1.16. The number of anilines is 1. The SMILES string of the molecule is CCOC(=O)c1c(C)[nH]c(C)c1C(=O)COC(=O)c1ccccc1N1CCCC1=O. The lowest BCUT2D eigenvalue weighted by Crippen LogP contribution is -2.26. The van der Waals surface area contributed by atoms with E-state index in [0.717, 1.165) is 6.42 Å². The van der Waals surface area contributed by atoms with Crippen LogP contribution in [0.2, 0.25) is 0 Å². The molecule has 2 heterocycles. The smallest absolute Gasteiger partial charge is 0.340 e. The molecule has 158 valence electrons. The average Bonchev–Trinajstić information content (AvgIpc) is 3.27. The number of aromatic nitrogens is 1. The van der Waals surface area contributed by atoms with Gasteiger partial charge in [-0.15, -0.1) is 0 Å². The number of amides is 1. The molecule has 1 aliphatic heterocycles. The zero-order chi connectivity index (χ0) is 21.8. The number of rotatable bonds is 7. The fourth-order valence-corrected chi connectivity index (χ4v) is 3.65. The van der Waals surface area contributed by atoms with Gasteiger partial charge in [-0.25, -0.2) is 9.59 Å². The Morgan fingerprint density at radius 1 is 1.03 bits per heavy atom. The molecule has 1 aromatic carbocycles. The molecule has 0 atom stereocenters. The van der Waals surface area contributed by atoms with Crippen molar-refractivity contribution in [3.63, 3.8) is 0 Å². The molecule has 1 aromatic heterocycles. The molecule has 8 heteroatoms. The first kappa shape index (κ1) is 21.3. The summed E-state index contributed by atoms with van der Waals surface area (Å²) in [6.45, 7) is 5.19. The number of aromatic amines is 1. The summed E-state index contributed by atoms with van der Waals surface area (Å²) in [6, 6.07) is 6.64. The molecule has 8 nitrogen and oxygen atoms in total. The maximum atomic E-state index is 12.8. The summed E-state index contributed by atoms with van der Waals surface area (Å²) in [5, 5.41) is 0. The molecule has 0 aliphatic carbocycles. The summed E-state index contributed by atoms with van der Waals surface area (Å²) >= 11 is 0. The van der Waals surface area contributed by atoms with Crippen molar-refractivity contribution in [2.24, 2.45) is 0 Å². The van der Waals surface area contributed by atoms with Crippen molar-refractivity contribution in [1.82, 2.24) is 4.98 Å². The molecule has 0 saturated carbocycles. The third kappa shape index (κ3) is 4.12. The number of ketones is 1. The second-order valence-corrected chi connectivity index (χ2v) is 7.01. The van der Waals surface area contributed by atoms with Gasteiger partial charge in [0.1, 0.15) is 0 Å². The molecule has 0 bridgehead atoms. The lowest BCUT2D eigenvalue weighted by molar-refractivity contribution is -0.117. The van der Waals surface area contributed by atoms with E-state index in [4.69, 9.17) is 9.47 Å². The molecule has 1 N–H and O–H groups in total. The molecule has 1 aliphatic rings. The minimum Gasteiger partial charge on any atom is -0.462 e. The number of carbonyl (C=O) groups is 4. The van der Waals surface area contributed by atoms with Crippen LogP contribution >= 0.6 is 0 Å². The van der Waals surface area contributed by atoms with E-state index in [9.17, 15) is 19.2 Å². The Labute approximate surface area is 174 Å². The quantitative estimate of drug-likeness (QED) is 0.554. The first-order valence-electron chi connectivity index (χ1n) is 9.81. The fraction of sp³-hybridized carbons (Fsp3) is 0.364. The number of H-pyrrole nitrogens is 1. The van der Waals surface area contributed by atoms with Crippen molar-refractivity contribution in [3.8, 4) is 0 Å². The normalized spacial score (nSPS) is 13.4. The van der Waals surface area contributed by atoms with Crippen molar-refractivity contribution in [2.45, 2.75) is 33.6 Å². The molecule has 30 heavy (non-hydrogen) atoms. The Kier molecular flexibility index (Phi) is 6.34. The Morgan fingerprint density at radius 3 is 2.40 bits per heavy atom. The van der Waals surface area contributed by atoms with E-state index in [-0.39, 0.29) is 29.2 Å². The average molecular weight is 412 g/mol. The highest BCUT2D eigenvalue weighted by atomic mass is 16.5. The van der Waals surface area contributed by atoms with E-state index in [1.54, 1.807) is 49.9 Å². The van der Waals surface area contributed by atoms with Crippen LogP contribution in [0.1, 0.15) is 62.2 Å². The van der Waals surface area contributed by atoms with Gasteiger partial charge in [0.2, 0.25) is 11.7 Å². The molecule has 0 unspecified atom stereocenters. The van der Waals surface area contributed by atoms with Gasteiger partial charge < -0.3 is 19.4 Å². The first-order chi connectivity index (χ1) is 14.3. The number of carbonyl (C=O) groups excluding carboxylic acids is 4. The van der Waals surface area contributed by atoms with E-state index >= 15 is 0 Å². The monoisotopic (exact) mass is 412 g/mol. The number of Topliss-reactive ketones (excluding diaryl/α,β-unsaturated/α-hetero) is 1.